The number of allylic oxidation sites excluding steroid dienone is 1. The molecule has 0 unspecified atom stereocenters. The van der Waals surface area contributed by atoms with Crippen LogP contribution in [0.25, 0.3) is 0 Å². The molecule has 1 aromatic heterocycles. The molecule has 0 aliphatic rings. The highest BCUT2D eigenvalue weighted by Gasteiger charge is 2.08. The SMILES string of the molecule is C=C/C(NCc1ccncc1)=C(\SC)C(N)=O. The average Bonchev–Trinajstić information content (AvgIpc) is 2.35. The smallest absolute Gasteiger partial charge is 0.257 e. The zero-order valence-corrected chi connectivity index (χ0v) is 10.5. The molecule has 0 aliphatic carbocycles. The largest absolute Gasteiger partial charge is 0.380 e. The Hall–Kier alpha value is -1.75. The first kappa shape index (κ1) is 13.3. The molecule has 3 N–H and O–H groups in total. The van der Waals surface area contributed by atoms with Crippen LogP contribution >= 0.6 is 11.8 Å². The lowest BCUT2D eigenvalue weighted by Gasteiger charge is -2.10. The molecular weight excluding hydrogens is 234 g/mol. The Morgan fingerprint density at radius 2 is 2.24 bits per heavy atom. The molecule has 4 nitrogen and oxygen atoms in total. The molecule has 0 saturated carbocycles. The number of nitrogens with zero attached hydrogens (tertiary/aromatic N) is 1. The summed E-state index contributed by atoms with van der Waals surface area (Å²) < 4.78 is 0. The molecule has 1 amide bonds. The Labute approximate surface area is 105 Å². The zero-order chi connectivity index (χ0) is 12.7. The van der Waals surface area contributed by atoms with Gasteiger partial charge in [0.2, 0.25) is 0 Å². The standard InChI is InChI=1S/C12H15N3OS/c1-3-10(11(17-2)12(13)16)15-8-9-4-6-14-7-5-9/h3-7,15H,1,8H2,2H3,(H2,13,16)/b11-10+. The first-order valence-corrected chi connectivity index (χ1v) is 6.24. The van der Waals surface area contributed by atoms with E-state index >= 15 is 0 Å². The lowest BCUT2D eigenvalue weighted by atomic mass is 10.2. The van der Waals surface area contributed by atoms with Crippen LogP contribution in [0.1, 0.15) is 5.56 Å². The number of amides is 1. The second kappa shape index (κ2) is 6.75. The van der Waals surface area contributed by atoms with E-state index in [-0.39, 0.29) is 0 Å². The van der Waals surface area contributed by atoms with Gasteiger partial charge in [-0.25, -0.2) is 0 Å². The van der Waals surface area contributed by atoms with Crippen molar-refractivity contribution >= 4 is 17.7 Å². The maximum Gasteiger partial charge on any atom is 0.257 e. The number of aromatic nitrogens is 1. The number of hydrogen-bond donors (Lipinski definition) is 2. The Morgan fingerprint density at radius 1 is 1.59 bits per heavy atom. The van der Waals surface area contributed by atoms with Crippen molar-refractivity contribution < 1.29 is 4.79 Å². The van der Waals surface area contributed by atoms with Crippen LogP contribution in [-0.2, 0) is 11.3 Å². The number of nitrogens with two attached hydrogens (primary N) is 1. The number of thioether (sulfide) groups is 1. The number of primary amides is 1. The average molecular weight is 249 g/mol. The molecule has 0 fully saturated rings. The fourth-order valence-electron chi connectivity index (χ4n) is 1.29. The van der Waals surface area contributed by atoms with E-state index in [1.165, 1.54) is 11.8 Å². The number of carbonyl (C=O) groups excluding carboxylic acids is 1. The highest BCUT2D eigenvalue weighted by atomic mass is 32.2. The Bertz CT molecular complexity index is 429. The van der Waals surface area contributed by atoms with Crippen molar-refractivity contribution in [3.05, 3.63) is 53.3 Å². The molecule has 5 heteroatoms. The minimum Gasteiger partial charge on any atom is -0.380 e. The van der Waals surface area contributed by atoms with Gasteiger partial charge in [0.25, 0.3) is 5.91 Å². The van der Waals surface area contributed by atoms with E-state index in [2.05, 4.69) is 16.9 Å². The van der Waals surface area contributed by atoms with Gasteiger partial charge in [0.05, 0.1) is 10.6 Å². The van der Waals surface area contributed by atoms with E-state index in [9.17, 15) is 4.79 Å². The summed E-state index contributed by atoms with van der Waals surface area (Å²) >= 11 is 1.30. The van der Waals surface area contributed by atoms with Crippen molar-refractivity contribution in [2.24, 2.45) is 5.73 Å². The monoisotopic (exact) mass is 249 g/mol. The summed E-state index contributed by atoms with van der Waals surface area (Å²) in [6.45, 7) is 4.27. The van der Waals surface area contributed by atoms with Gasteiger partial charge in [0.15, 0.2) is 0 Å². The summed E-state index contributed by atoms with van der Waals surface area (Å²) in [5, 5.41) is 3.13. The molecule has 0 radical (unpaired) electrons. The van der Waals surface area contributed by atoms with Crippen LogP contribution in [0.5, 0.6) is 0 Å². The zero-order valence-electron chi connectivity index (χ0n) is 9.64. The first-order chi connectivity index (χ1) is 8.19. The molecule has 1 aromatic rings. The van der Waals surface area contributed by atoms with Crippen molar-refractivity contribution in [2.75, 3.05) is 6.26 Å². The van der Waals surface area contributed by atoms with Gasteiger partial charge in [-0.1, -0.05) is 6.58 Å². The third-order valence-corrected chi connectivity index (χ3v) is 2.94. The summed E-state index contributed by atoms with van der Waals surface area (Å²) in [5.41, 5.74) is 7.01. The van der Waals surface area contributed by atoms with E-state index < -0.39 is 5.91 Å². The lowest BCUT2D eigenvalue weighted by molar-refractivity contribution is -0.113. The summed E-state index contributed by atoms with van der Waals surface area (Å²) in [6, 6.07) is 3.80. The highest BCUT2D eigenvalue weighted by Crippen LogP contribution is 2.15. The number of hydrogen-bond acceptors (Lipinski definition) is 4. The van der Waals surface area contributed by atoms with Gasteiger partial charge >= 0.3 is 0 Å². The fourth-order valence-corrected chi connectivity index (χ4v) is 1.86. The van der Waals surface area contributed by atoms with E-state index in [0.29, 0.717) is 17.1 Å². The minimum absolute atomic E-state index is 0.449. The van der Waals surface area contributed by atoms with Gasteiger partial charge in [0.1, 0.15) is 0 Å². The maximum atomic E-state index is 11.2. The highest BCUT2D eigenvalue weighted by molar-refractivity contribution is 8.03. The number of pyridine rings is 1. The van der Waals surface area contributed by atoms with Gasteiger partial charge in [-0.15, -0.1) is 11.8 Å². The van der Waals surface area contributed by atoms with Crippen LogP contribution in [0.4, 0.5) is 0 Å². The third kappa shape index (κ3) is 3.96. The fraction of sp³-hybridized carbons (Fsp3) is 0.167. The molecule has 1 rings (SSSR count). The van der Waals surface area contributed by atoms with E-state index in [0.717, 1.165) is 5.56 Å². The van der Waals surface area contributed by atoms with Crippen molar-refractivity contribution in [1.82, 2.24) is 10.3 Å². The summed E-state index contributed by atoms with van der Waals surface area (Å²) in [7, 11) is 0. The van der Waals surface area contributed by atoms with Crippen LogP contribution in [0.15, 0.2) is 47.8 Å². The molecular formula is C12H15N3OS. The maximum absolute atomic E-state index is 11.2. The van der Waals surface area contributed by atoms with Gasteiger partial charge in [-0.3, -0.25) is 9.78 Å². The predicted octanol–water partition coefficient (Wildman–Crippen LogP) is 1.42. The molecule has 0 aliphatic heterocycles. The van der Waals surface area contributed by atoms with E-state index in [4.69, 9.17) is 5.73 Å². The van der Waals surface area contributed by atoms with Crippen molar-refractivity contribution in [2.45, 2.75) is 6.54 Å². The van der Waals surface area contributed by atoms with Crippen LogP contribution in [0, 0.1) is 0 Å². The third-order valence-electron chi connectivity index (χ3n) is 2.11. The van der Waals surface area contributed by atoms with Crippen LogP contribution in [0.3, 0.4) is 0 Å². The molecule has 1 heterocycles. The molecule has 0 aromatic carbocycles. The van der Waals surface area contributed by atoms with Gasteiger partial charge in [0, 0.05) is 18.9 Å². The van der Waals surface area contributed by atoms with Crippen LogP contribution < -0.4 is 11.1 Å². The molecule has 0 bridgehead atoms. The summed E-state index contributed by atoms with van der Waals surface area (Å²) in [6.07, 6.45) is 6.84. The molecule has 17 heavy (non-hydrogen) atoms. The van der Waals surface area contributed by atoms with Crippen molar-refractivity contribution in [3.8, 4) is 0 Å². The second-order valence-electron chi connectivity index (χ2n) is 3.22. The van der Waals surface area contributed by atoms with Gasteiger partial charge < -0.3 is 11.1 Å². The number of nitrogens with one attached hydrogen (secondary N) is 1. The Kier molecular flexibility index (Phi) is 5.29. The number of rotatable bonds is 6. The molecule has 0 spiro atoms. The van der Waals surface area contributed by atoms with Gasteiger partial charge in [-0.2, -0.15) is 0 Å². The second-order valence-corrected chi connectivity index (χ2v) is 4.04. The minimum atomic E-state index is -0.449. The summed E-state index contributed by atoms with van der Waals surface area (Å²) in [5.74, 6) is -0.449. The molecule has 90 valence electrons. The Morgan fingerprint density at radius 3 is 2.71 bits per heavy atom. The normalized spacial score (nSPS) is 11.6. The summed E-state index contributed by atoms with van der Waals surface area (Å²) in [4.78, 5) is 15.6. The van der Waals surface area contributed by atoms with E-state index in [1.807, 2.05) is 12.1 Å². The van der Waals surface area contributed by atoms with Gasteiger partial charge in [-0.05, 0) is 30.0 Å². The van der Waals surface area contributed by atoms with E-state index in [1.54, 1.807) is 24.7 Å². The first-order valence-electron chi connectivity index (χ1n) is 5.02. The predicted molar refractivity (Wildman–Crippen MR) is 71.0 cm³/mol. The van der Waals surface area contributed by atoms with Crippen LogP contribution in [-0.4, -0.2) is 17.1 Å². The molecule has 0 saturated heterocycles. The van der Waals surface area contributed by atoms with Crippen molar-refractivity contribution in [1.29, 1.82) is 0 Å². The Balaban J connectivity index is 2.77. The topological polar surface area (TPSA) is 68.0 Å². The lowest BCUT2D eigenvalue weighted by Crippen LogP contribution is -2.20. The molecule has 0 atom stereocenters. The van der Waals surface area contributed by atoms with Crippen molar-refractivity contribution in [3.63, 3.8) is 0 Å². The quantitative estimate of drug-likeness (QED) is 0.591. The number of carbonyl (C=O) groups is 1. The van der Waals surface area contributed by atoms with Crippen LogP contribution in [0.2, 0.25) is 0 Å².